The molecule has 0 spiro atoms. The van der Waals surface area contributed by atoms with Crippen molar-refractivity contribution in [1.29, 1.82) is 0 Å². The number of amides is 1. The highest BCUT2D eigenvalue weighted by Gasteiger charge is 2.47. The summed E-state index contributed by atoms with van der Waals surface area (Å²) in [4.78, 5) is 28.7. The van der Waals surface area contributed by atoms with Gasteiger partial charge in [-0.15, -0.1) is 0 Å². The van der Waals surface area contributed by atoms with Gasteiger partial charge in [-0.3, -0.25) is 14.5 Å². The molecule has 1 atom stereocenters. The molecule has 4 nitrogen and oxygen atoms in total. The third-order valence-corrected chi connectivity index (χ3v) is 7.56. The third-order valence-electron chi connectivity index (χ3n) is 7.56. The van der Waals surface area contributed by atoms with Crippen LogP contribution in [0.1, 0.15) is 99.7 Å². The number of anilines is 1. The van der Waals surface area contributed by atoms with Crippen molar-refractivity contribution in [2.75, 3.05) is 4.90 Å². The van der Waals surface area contributed by atoms with Gasteiger partial charge in [-0.05, 0) is 70.2 Å². The average molecular weight is 510 g/mol. The minimum atomic E-state index is -0.737. The number of Topliss-reactive ketones (excluding diaryl/α,β-unsaturated/α-hetero) is 1. The summed E-state index contributed by atoms with van der Waals surface area (Å²) >= 11 is 0. The van der Waals surface area contributed by atoms with E-state index in [0.717, 1.165) is 22.3 Å². The third kappa shape index (κ3) is 5.05. The van der Waals surface area contributed by atoms with Gasteiger partial charge in [0.15, 0.2) is 0 Å². The molecule has 1 aliphatic heterocycles. The van der Waals surface area contributed by atoms with Crippen LogP contribution in [0.15, 0.2) is 72.3 Å². The van der Waals surface area contributed by atoms with Crippen molar-refractivity contribution < 1.29 is 14.7 Å². The van der Waals surface area contributed by atoms with Crippen molar-refractivity contribution in [3.05, 3.63) is 106 Å². The van der Waals surface area contributed by atoms with Crippen LogP contribution in [0.2, 0.25) is 0 Å². The fourth-order valence-electron chi connectivity index (χ4n) is 4.99. The van der Waals surface area contributed by atoms with Gasteiger partial charge in [0.1, 0.15) is 5.76 Å². The Balaban J connectivity index is 1.95. The van der Waals surface area contributed by atoms with E-state index in [4.69, 9.17) is 0 Å². The summed E-state index contributed by atoms with van der Waals surface area (Å²) in [6, 6.07) is 21.0. The molecule has 0 aromatic heterocycles. The van der Waals surface area contributed by atoms with Crippen molar-refractivity contribution in [1.82, 2.24) is 0 Å². The maximum absolute atomic E-state index is 13.6. The molecule has 1 heterocycles. The first kappa shape index (κ1) is 27.4. The molecule has 1 N–H and O–H groups in total. The molecule has 0 aliphatic carbocycles. The molecule has 3 aromatic carbocycles. The van der Waals surface area contributed by atoms with E-state index >= 15 is 0 Å². The zero-order chi connectivity index (χ0) is 27.9. The number of benzene rings is 3. The molecule has 0 bridgehead atoms. The minimum Gasteiger partial charge on any atom is -0.507 e. The van der Waals surface area contributed by atoms with Gasteiger partial charge in [0, 0.05) is 11.3 Å². The fourth-order valence-corrected chi connectivity index (χ4v) is 4.99. The number of rotatable bonds is 5. The largest absolute Gasteiger partial charge is 0.507 e. The lowest BCUT2D eigenvalue weighted by atomic mass is 9.84. The quantitative estimate of drug-likeness (QED) is 0.214. The van der Waals surface area contributed by atoms with Crippen LogP contribution in [0, 0.1) is 6.92 Å². The molecule has 4 heteroatoms. The number of ketones is 1. The van der Waals surface area contributed by atoms with Gasteiger partial charge in [-0.1, -0.05) is 97.0 Å². The molecular weight excluding hydrogens is 470 g/mol. The zero-order valence-corrected chi connectivity index (χ0v) is 23.8. The molecule has 198 valence electrons. The first-order valence-electron chi connectivity index (χ1n) is 13.4. The van der Waals surface area contributed by atoms with Crippen LogP contribution in [0.3, 0.4) is 0 Å². The summed E-state index contributed by atoms with van der Waals surface area (Å²) < 4.78 is 0. The number of hydrogen-bond donors (Lipinski definition) is 1. The fraction of sp³-hybridized carbons (Fsp3) is 0.353. The van der Waals surface area contributed by atoms with Gasteiger partial charge in [-0.2, -0.15) is 0 Å². The van der Waals surface area contributed by atoms with Gasteiger partial charge in [0.2, 0.25) is 0 Å². The maximum Gasteiger partial charge on any atom is 0.300 e. The highest BCUT2D eigenvalue weighted by molar-refractivity contribution is 6.51. The topological polar surface area (TPSA) is 57.6 Å². The van der Waals surface area contributed by atoms with E-state index in [1.54, 1.807) is 0 Å². The van der Waals surface area contributed by atoms with Crippen molar-refractivity contribution in [3.63, 3.8) is 0 Å². The Morgan fingerprint density at radius 2 is 1.34 bits per heavy atom. The van der Waals surface area contributed by atoms with E-state index in [9.17, 15) is 14.7 Å². The molecule has 0 radical (unpaired) electrons. The number of aryl methyl sites for hydroxylation is 1. The van der Waals surface area contributed by atoms with E-state index in [2.05, 4.69) is 48.5 Å². The standard InChI is InChI=1S/C34H39NO3/c1-20(2)23-10-12-25(13-11-23)30-29(31(36)28-19-26(34(6,7)8)16-9-22(28)5)32(37)33(38)35(30)27-17-14-24(15-18-27)21(3)4/h9-21,30,36H,1-8H3/b31-29+. The average Bonchev–Trinajstić information content (AvgIpc) is 3.13. The van der Waals surface area contributed by atoms with Crippen molar-refractivity contribution in [3.8, 4) is 0 Å². The van der Waals surface area contributed by atoms with Crippen molar-refractivity contribution >= 4 is 23.1 Å². The summed E-state index contributed by atoms with van der Waals surface area (Å²) in [5, 5.41) is 11.7. The van der Waals surface area contributed by atoms with Gasteiger partial charge in [-0.25, -0.2) is 0 Å². The molecule has 38 heavy (non-hydrogen) atoms. The Labute approximate surface area is 227 Å². The monoisotopic (exact) mass is 509 g/mol. The van der Waals surface area contributed by atoms with E-state index in [-0.39, 0.29) is 16.7 Å². The highest BCUT2D eigenvalue weighted by atomic mass is 16.3. The van der Waals surface area contributed by atoms with Gasteiger partial charge in [0.25, 0.3) is 11.7 Å². The van der Waals surface area contributed by atoms with E-state index in [1.807, 2.05) is 73.7 Å². The van der Waals surface area contributed by atoms with Crippen LogP contribution >= 0.6 is 0 Å². The SMILES string of the molecule is Cc1ccc(C(C)(C)C)cc1/C(O)=C1\C(=O)C(=O)N(c2ccc(C(C)C)cc2)C1c1ccc(C(C)C)cc1. The predicted molar refractivity (Wildman–Crippen MR) is 156 cm³/mol. The summed E-state index contributed by atoms with van der Waals surface area (Å²) in [7, 11) is 0. The number of aliphatic hydroxyl groups is 1. The molecule has 1 amide bonds. The van der Waals surface area contributed by atoms with Gasteiger partial charge in [0.05, 0.1) is 11.6 Å². The van der Waals surface area contributed by atoms with Crippen LogP contribution in [-0.4, -0.2) is 16.8 Å². The number of aliphatic hydroxyl groups excluding tert-OH is 1. The Bertz CT molecular complexity index is 1390. The normalized spacial score (nSPS) is 17.6. The maximum atomic E-state index is 13.6. The summed E-state index contributed by atoms with van der Waals surface area (Å²) in [6.07, 6.45) is 0. The minimum absolute atomic E-state index is 0.120. The van der Waals surface area contributed by atoms with Crippen molar-refractivity contribution in [2.24, 2.45) is 0 Å². The Morgan fingerprint density at radius 1 is 0.816 bits per heavy atom. The van der Waals surface area contributed by atoms with E-state index < -0.39 is 17.7 Å². The lowest BCUT2D eigenvalue weighted by molar-refractivity contribution is -0.132. The summed E-state index contributed by atoms with van der Waals surface area (Å²) in [5.41, 5.74) is 6.18. The molecule has 1 fully saturated rings. The second kappa shape index (κ2) is 10.2. The molecule has 1 aliphatic rings. The number of nitrogens with zero attached hydrogens (tertiary/aromatic N) is 1. The zero-order valence-electron chi connectivity index (χ0n) is 23.8. The molecule has 4 rings (SSSR count). The van der Waals surface area contributed by atoms with Crippen LogP contribution in [0.5, 0.6) is 0 Å². The molecule has 1 saturated heterocycles. The van der Waals surface area contributed by atoms with Gasteiger partial charge < -0.3 is 5.11 Å². The number of carbonyl (C=O) groups excluding carboxylic acids is 2. The molecule has 3 aromatic rings. The van der Waals surface area contributed by atoms with Crippen LogP contribution in [0.25, 0.3) is 5.76 Å². The van der Waals surface area contributed by atoms with Crippen molar-refractivity contribution in [2.45, 2.75) is 78.7 Å². The summed E-state index contributed by atoms with van der Waals surface area (Å²) in [6.45, 7) is 16.7. The van der Waals surface area contributed by atoms with Crippen LogP contribution in [-0.2, 0) is 15.0 Å². The Kier molecular flexibility index (Phi) is 7.38. The smallest absolute Gasteiger partial charge is 0.300 e. The lowest BCUT2D eigenvalue weighted by Crippen LogP contribution is -2.29. The highest BCUT2D eigenvalue weighted by Crippen LogP contribution is 2.43. The molecule has 1 unspecified atom stereocenters. The molecule has 0 saturated carbocycles. The Hall–Kier alpha value is -3.66. The van der Waals surface area contributed by atoms with E-state index in [0.29, 0.717) is 23.1 Å². The second-order valence-corrected chi connectivity index (χ2v) is 12.0. The van der Waals surface area contributed by atoms with Crippen LogP contribution in [0.4, 0.5) is 5.69 Å². The number of carbonyl (C=O) groups is 2. The lowest BCUT2D eigenvalue weighted by Gasteiger charge is -2.26. The second-order valence-electron chi connectivity index (χ2n) is 12.0. The summed E-state index contributed by atoms with van der Waals surface area (Å²) in [5.74, 6) is -0.745. The van der Waals surface area contributed by atoms with Crippen LogP contribution < -0.4 is 4.90 Å². The molecular formula is C34H39NO3. The predicted octanol–water partition coefficient (Wildman–Crippen LogP) is 8.17. The first-order valence-corrected chi connectivity index (χ1v) is 13.4. The Morgan fingerprint density at radius 3 is 1.84 bits per heavy atom. The first-order chi connectivity index (χ1) is 17.8. The van der Waals surface area contributed by atoms with E-state index in [1.165, 1.54) is 10.5 Å². The number of hydrogen-bond acceptors (Lipinski definition) is 3. The van der Waals surface area contributed by atoms with Gasteiger partial charge >= 0.3 is 0 Å².